The first-order valence-electron chi connectivity index (χ1n) is 8.12. The predicted octanol–water partition coefficient (Wildman–Crippen LogP) is 4.14. The van der Waals surface area contributed by atoms with Gasteiger partial charge in [-0.2, -0.15) is 0 Å². The number of benzene rings is 1. The number of nitrogens with zero attached hydrogens (tertiary/aromatic N) is 1. The Morgan fingerprint density at radius 2 is 1.89 bits per heavy atom. The Morgan fingerprint density at radius 1 is 1.19 bits per heavy atom. The van der Waals surface area contributed by atoms with Crippen LogP contribution in [0.25, 0.3) is 0 Å². The lowest BCUT2D eigenvalue weighted by molar-refractivity contribution is -0.140. The maximum absolute atomic E-state index is 12.1. The van der Waals surface area contributed by atoms with E-state index >= 15 is 0 Å². The van der Waals surface area contributed by atoms with Gasteiger partial charge in [0, 0.05) is 16.5 Å². The highest BCUT2D eigenvalue weighted by Gasteiger charge is 2.16. The number of carbonyl (C=O) groups is 2. The third kappa shape index (κ3) is 6.30. The van der Waals surface area contributed by atoms with Gasteiger partial charge in [0.15, 0.2) is 0 Å². The number of pyridine rings is 1. The fraction of sp³-hybridized carbons (Fsp3) is 0.200. The second kappa shape index (κ2) is 10.6. The minimum absolute atomic E-state index is 0.0113. The van der Waals surface area contributed by atoms with Gasteiger partial charge in [0.1, 0.15) is 13.2 Å². The molecular weight excluding hydrogens is 382 g/mol. The van der Waals surface area contributed by atoms with Crippen LogP contribution in [-0.4, -0.2) is 34.8 Å². The number of hydrogen-bond donors (Lipinski definition) is 0. The van der Waals surface area contributed by atoms with Gasteiger partial charge in [0.05, 0.1) is 16.5 Å². The average Bonchev–Trinajstić information content (AvgIpc) is 2.69. The summed E-state index contributed by atoms with van der Waals surface area (Å²) < 4.78 is 11.6. The van der Waals surface area contributed by atoms with Crippen molar-refractivity contribution in [3.63, 3.8) is 0 Å². The van der Waals surface area contributed by atoms with Crippen LogP contribution < -0.4 is 0 Å². The van der Waals surface area contributed by atoms with Crippen LogP contribution in [0.5, 0.6) is 0 Å². The van der Waals surface area contributed by atoms with Crippen molar-refractivity contribution in [2.75, 3.05) is 13.2 Å². The van der Waals surface area contributed by atoms with Crippen molar-refractivity contribution in [2.45, 2.75) is 12.2 Å². The maximum Gasteiger partial charge on any atom is 0.338 e. The highest BCUT2D eigenvalue weighted by Crippen LogP contribution is 2.33. The molecule has 0 fully saturated rings. The van der Waals surface area contributed by atoms with E-state index in [2.05, 4.69) is 11.6 Å². The lowest BCUT2D eigenvalue weighted by atomic mass is 10.1. The Hall–Kier alpha value is -2.51. The molecule has 0 amide bonds. The summed E-state index contributed by atoms with van der Waals surface area (Å²) in [4.78, 5) is 27.7. The number of rotatable bonds is 9. The molecule has 0 aliphatic heterocycles. The summed E-state index contributed by atoms with van der Waals surface area (Å²) >= 11 is 6.46. The van der Waals surface area contributed by atoms with Gasteiger partial charge in [-0.3, -0.25) is 4.98 Å². The monoisotopic (exact) mass is 401 g/mol. The quantitative estimate of drug-likeness (QED) is 0.271. The number of aromatic nitrogens is 1. The van der Waals surface area contributed by atoms with E-state index in [1.807, 2.05) is 30.3 Å². The molecule has 0 aliphatic rings. The van der Waals surface area contributed by atoms with E-state index in [1.54, 1.807) is 30.0 Å². The summed E-state index contributed by atoms with van der Waals surface area (Å²) in [6.45, 7) is 5.00. The molecule has 2 rings (SSSR count). The SMILES string of the molecule is C=C(C)C(=O)OCCOC(=O)c1ccc(C(SC=S)c2ccccn2)cc1. The first-order chi connectivity index (χ1) is 13.0. The van der Waals surface area contributed by atoms with E-state index < -0.39 is 11.9 Å². The Bertz CT molecular complexity index is 806. The van der Waals surface area contributed by atoms with Crippen molar-refractivity contribution in [3.05, 3.63) is 77.6 Å². The van der Waals surface area contributed by atoms with Crippen molar-refractivity contribution >= 4 is 40.6 Å². The number of esters is 2. The topological polar surface area (TPSA) is 65.5 Å². The van der Waals surface area contributed by atoms with Gasteiger partial charge in [-0.15, -0.1) is 11.8 Å². The average molecular weight is 402 g/mol. The van der Waals surface area contributed by atoms with Gasteiger partial charge in [-0.25, -0.2) is 9.59 Å². The first kappa shape index (κ1) is 20.8. The first-order valence-corrected chi connectivity index (χ1v) is 9.54. The minimum atomic E-state index is -0.507. The number of thioether (sulfide) groups is 1. The van der Waals surface area contributed by atoms with Crippen molar-refractivity contribution in [1.82, 2.24) is 4.98 Å². The highest BCUT2D eigenvalue weighted by molar-refractivity contribution is 8.21. The van der Waals surface area contributed by atoms with Gasteiger partial charge in [0.2, 0.25) is 0 Å². The van der Waals surface area contributed by atoms with Gasteiger partial charge >= 0.3 is 11.9 Å². The standard InChI is InChI=1S/C20H19NO4S2/c1-14(2)19(22)24-11-12-25-20(23)16-8-6-15(7-9-16)18(27-13-26)17-5-3-4-10-21-17/h3-10,13,18H,1,11-12H2,2H3. The fourth-order valence-corrected chi connectivity index (χ4v) is 3.21. The van der Waals surface area contributed by atoms with Crippen LogP contribution in [0.1, 0.15) is 33.8 Å². The Balaban J connectivity index is 1.97. The summed E-state index contributed by atoms with van der Waals surface area (Å²) in [5, 5.41) is -0.0460. The zero-order chi connectivity index (χ0) is 19.6. The Labute approximate surface area is 167 Å². The van der Waals surface area contributed by atoms with Gasteiger partial charge in [0.25, 0.3) is 0 Å². The summed E-state index contributed by atoms with van der Waals surface area (Å²) in [5.74, 6) is -0.989. The molecule has 5 nitrogen and oxygen atoms in total. The Morgan fingerprint density at radius 3 is 2.48 bits per heavy atom. The van der Waals surface area contributed by atoms with Crippen molar-refractivity contribution in [1.29, 1.82) is 0 Å². The normalized spacial score (nSPS) is 11.3. The molecule has 0 saturated heterocycles. The highest BCUT2D eigenvalue weighted by atomic mass is 32.2. The van der Waals surface area contributed by atoms with E-state index in [0.29, 0.717) is 11.1 Å². The van der Waals surface area contributed by atoms with Gasteiger partial charge in [-0.1, -0.05) is 37.0 Å². The minimum Gasteiger partial charge on any atom is -0.459 e. The number of thiocarbonyl (C=S) groups is 1. The second-order valence-electron chi connectivity index (χ2n) is 5.54. The smallest absolute Gasteiger partial charge is 0.338 e. The molecule has 1 atom stereocenters. The molecule has 1 unspecified atom stereocenters. The summed E-state index contributed by atoms with van der Waals surface area (Å²) in [5.41, 5.74) is 2.58. The fourth-order valence-electron chi connectivity index (χ4n) is 2.17. The summed E-state index contributed by atoms with van der Waals surface area (Å²) in [6.07, 6.45) is 1.73. The largest absolute Gasteiger partial charge is 0.459 e. The van der Waals surface area contributed by atoms with Crippen LogP contribution in [0.3, 0.4) is 0 Å². The molecule has 0 aliphatic carbocycles. The molecule has 140 valence electrons. The molecule has 0 radical (unpaired) electrons. The maximum atomic E-state index is 12.1. The van der Waals surface area contributed by atoms with Crippen LogP contribution >= 0.6 is 24.0 Å². The zero-order valence-corrected chi connectivity index (χ0v) is 16.4. The molecule has 27 heavy (non-hydrogen) atoms. The molecule has 1 aromatic heterocycles. The van der Waals surface area contributed by atoms with Crippen LogP contribution in [0, 0.1) is 0 Å². The third-order valence-corrected chi connectivity index (χ3v) is 4.73. The zero-order valence-electron chi connectivity index (χ0n) is 14.8. The van der Waals surface area contributed by atoms with E-state index in [-0.39, 0.29) is 18.5 Å². The Kier molecular flexibility index (Phi) is 8.16. The lowest BCUT2D eigenvalue weighted by Gasteiger charge is -2.14. The molecule has 0 spiro atoms. The molecule has 2 aromatic rings. The molecule has 1 heterocycles. The van der Waals surface area contributed by atoms with Crippen LogP contribution in [0.2, 0.25) is 0 Å². The van der Waals surface area contributed by atoms with E-state index in [4.69, 9.17) is 21.7 Å². The number of ether oxygens (including phenoxy) is 2. The van der Waals surface area contributed by atoms with Crippen LogP contribution in [0.15, 0.2) is 60.8 Å². The van der Waals surface area contributed by atoms with E-state index in [1.165, 1.54) is 11.8 Å². The van der Waals surface area contributed by atoms with Crippen molar-refractivity contribution in [3.8, 4) is 0 Å². The van der Waals surface area contributed by atoms with Gasteiger partial charge < -0.3 is 9.47 Å². The van der Waals surface area contributed by atoms with Gasteiger partial charge in [-0.05, 0) is 36.8 Å². The van der Waals surface area contributed by atoms with Crippen LogP contribution in [0.4, 0.5) is 0 Å². The molecule has 0 saturated carbocycles. The molecule has 7 heteroatoms. The second-order valence-corrected chi connectivity index (χ2v) is 7.05. The van der Waals surface area contributed by atoms with Crippen molar-refractivity contribution < 1.29 is 19.1 Å². The third-order valence-electron chi connectivity index (χ3n) is 3.50. The summed E-state index contributed by atoms with van der Waals surface area (Å²) in [7, 11) is 0. The van der Waals surface area contributed by atoms with Crippen LogP contribution in [-0.2, 0) is 14.3 Å². The lowest BCUT2D eigenvalue weighted by Crippen LogP contribution is -2.14. The summed E-state index contributed by atoms with van der Waals surface area (Å²) in [6, 6.07) is 12.8. The predicted molar refractivity (Wildman–Crippen MR) is 110 cm³/mol. The molecule has 0 N–H and O–H groups in total. The van der Waals surface area contributed by atoms with E-state index in [0.717, 1.165) is 11.3 Å². The molecule has 0 bridgehead atoms. The van der Waals surface area contributed by atoms with E-state index in [9.17, 15) is 9.59 Å². The molecular formula is C20H19NO4S2. The number of carbonyl (C=O) groups excluding carboxylic acids is 2. The number of hydrogen-bond acceptors (Lipinski definition) is 7. The molecule has 1 aromatic carbocycles. The van der Waals surface area contributed by atoms with Crippen molar-refractivity contribution in [2.24, 2.45) is 0 Å².